The van der Waals surface area contributed by atoms with Crippen LogP contribution in [0.3, 0.4) is 0 Å². The lowest BCUT2D eigenvalue weighted by Gasteiger charge is -2.00. The average Bonchev–Trinajstić information content (AvgIpc) is 2.02. The Morgan fingerprint density at radius 3 is 2.85 bits per heavy atom. The summed E-state index contributed by atoms with van der Waals surface area (Å²) in [5, 5.41) is 0.249. The molecule has 0 amide bonds. The van der Waals surface area contributed by atoms with E-state index in [1.165, 1.54) is 6.07 Å². The topological polar surface area (TPSA) is 51.8 Å². The van der Waals surface area contributed by atoms with Gasteiger partial charge in [0.2, 0.25) is 5.95 Å². The second-order valence-corrected chi connectivity index (χ2v) is 2.86. The van der Waals surface area contributed by atoms with Crippen LogP contribution in [0.5, 0.6) is 0 Å². The summed E-state index contributed by atoms with van der Waals surface area (Å²) in [6, 6.07) is 4.47. The second-order valence-electron chi connectivity index (χ2n) is 2.51. The Bertz CT molecular complexity index is 472. The number of nitrogens with zero attached hydrogens (tertiary/aromatic N) is 2. The number of aromatic nitrogens is 2. The Morgan fingerprint density at radius 2 is 2.08 bits per heavy atom. The van der Waals surface area contributed by atoms with Gasteiger partial charge in [0.05, 0.1) is 10.9 Å². The van der Waals surface area contributed by atoms with Gasteiger partial charge in [-0.1, -0.05) is 17.7 Å². The molecule has 5 heteroatoms. The monoisotopic (exact) mass is 197 g/mol. The standard InChI is InChI=1S/C8H5ClFN3/c9-7-6-4(10)2-1-3-5(6)12-8(11)13-7/h1-3H,(H2,11,12,13). The highest BCUT2D eigenvalue weighted by atomic mass is 35.5. The SMILES string of the molecule is Nc1nc(Cl)c2c(F)cccc2n1. The lowest BCUT2D eigenvalue weighted by molar-refractivity contribution is 0.639. The molecule has 3 nitrogen and oxygen atoms in total. The molecule has 0 unspecified atom stereocenters. The quantitative estimate of drug-likeness (QED) is 0.658. The first kappa shape index (κ1) is 8.19. The highest BCUT2D eigenvalue weighted by Crippen LogP contribution is 2.23. The molecule has 0 aliphatic rings. The van der Waals surface area contributed by atoms with E-state index in [1.54, 1.807) is 12.1 Å². The summed E-state index contributed by atoms with van der Waals surface area (Å²) in [4.78, 5) is 7.49. The minimum absolute atomic E-state index is 0.0422. The van der Waals surface area contributed by atoms with Crippen LogP contribution in [0, 0.1) is 5.82 Å². The van der Waals surface area contributed by atoms with Gasteiger partial charge in [-0.15, -0.1) is 0 Å². The molecule has 1 aromatic carbocycles. The Morgan fingerprint density at radius 1 is 1.31 bits per heavy atom. The van der Waals surface area contributed by atoms with Crippen molar-refractivity contribution in [3.05, 3.63) is 29.2 Å². The zero-order valence-corrected chi connectivity index (χ0v) is 7.22. The molecule has 0 saturated carbocycles. The molecule has 66 valence electrons. The first-order valence-electron chi connectivity index (χ1n) is 3.56. The van der Waals surface area contributed by atoms with Crippen LogP contribution in [-0.4, -0.2) is 9.97 Å². The third kappa shape index (κ3) is 1.29. The van der Waals surface area contributed by atoms with E-state index in [2.05, 4.69) is 9.97 Å². The second kappa shape index (κ2) is 2.81. The average molecular weight is 198 g/mol. The Hall–Kier alpha value is -1.42. The summed E-state index contributed by atoms with van der Waals surface area (Å²) in [6.45, 7) is 0. The van der Waals surface area contributed by atoms with Gasteiger partial charge < -0.3 is 5.73 Å². The summed E-state index contributed by atoms with van der Waals surface area (Å²) < 4.78 is 13.2. The molecule has 0 fully saturated rings. The molecule has 0 spiro atoms. The number of benzene rings is 1. The fraction of sp³-hybridized carbons (Fsp3) is 0. The molecule has 1 heterocycles. The predicted octanol–water partition coefficient (Wildman–Crippen LogP) is 2.00. The van der Waals surface area contributed by atoms with Crippen molar-refractivity contribution in [1.29, 1.82) is 0 Å². The van der Waals surface area contributed by atoms with E-state index < -0.39 is 5.82 Å². The van der Waals surface area contributed by atoms with Crippen LogP contribution in [0.25, 0.3) is 10.9 Å². The largest absolute Gasteiger partial charge is 0.368 e. The number of rotatable bonds is 0. The number of anilines is 1. The molecule has 0 aliphatic heterocycles. The third-order valence-electron chi connectivity index (χ3n) is 1.65. The van der Waals surface area contributed by atoms with Crippen molar-refractivity contribution in [2.24, 2.45) is 0 Å². The molecule has 0 atom stereocenters. The van der Waals surface area contributed by atoms with Crippen LogP contribution < -0.4 is 5.73 Å². The molecule has 0 radical (unpaired) electrons. The molecule has 0 bridgehead atoms. The fourth-order valence-corrected chi connectivity index (χ4v) is 1.39. The fourth-order valence-electron chi connectivity index (χ4n) is 1.12. The molecular weight excluding hydrogens is 193 g/mol. The van der Waals surface area contributed by atoms with Gasteiger partial charge in [0.15, 0.2) is 0 Å². The maximum absolute atomic E-state index is 13.2. The number of nitrogens with two attached hydrogens (primary N) is 1. The maximum Gasteiger partial charge on any atom is 0.222 e. The van der Waals surface area contributed by atoms with Gasteiger partial charge in [0.1, 0.15) is 11.0 Å². The van der Waals surface area contributed by atoms with Crippen LogP contribution in [-0.2, 0) is 0 Å². The van der Waals surface area contributed by atoms with E-state index in [4.69, 9.17) is 17.3 Å². The molecule has 2 aromatic rings. The molecule has 0 saturated heterocycles. The zero-order valence-electron chi connectivity index (χ0n) is 6.46. The van der Waals surface area contributed by atoms with Gasteiger partial charge in [-0.25, -0.2) is 14.4 Å². The van der Waals surface area contributed by atoms with Crippen molar-refractivity contribution in [3.8, 4) is 0 Å². The van der Waals surface area contributed by atoms with E-state index in [0.717, 1.165) is 0 Å². The van der Waals surface area contributed by atoms with Gasteiger partial charge in [0.25, 0.3) is 0 Å². The summed E-state index contributed by atoms with van der Waals surface area (Å²) in [6.07, 6.45) is 0. The number of hydrogen-bond acceptors (Lipinski definition) is 3. The summed E-state index contributed by atoms with van der Waals surface area (Å²) in [5.74, 6) is -0.398. The van der Waals surface area contributed by atoms with Gasteiger partial charge in [-0.05, 0) is 12.1 Å². The third-order valence-corrected chi connectivity index (χ3v) is 1.92. The van der Waals surface area contributed by atoms with E-state index in [1.807, 2.05) is 0 Å². The summed E-state index contributed by atoms with van der Waals surface area (Å²) in [5.41, 5.74) is 5.76. The first-order chi connectivity index (χ1) is 6.18. The molecule has 2 rings (SSSR count). The highest BCUT2D eigenvalue weighted by Gasteiger charge is 2.07. The predicted molar refractivity (Wildman–Crippen MR) is 48.9 cm³/mol. The minimum atomic E-state index is -0.442. The smallest absolute Gasteiger partial charge is 0.222 e. The minimum Gasteiger partial charge on any atom is -0.368 e. The van der Waals surface area contributed by atoms with Crippen LogP contribution in [0.15, 0.2) is 18.2 Å². The lowest BCUT2D eigenvalue weighted by Crippen LogP contribution is -1.96. The van der Waals surface area contributed by atoms with Crippen molar-refractivity contribution >= 4 is 28.5 Å². The molecule has 13 heavy (non-hydrogen) atoms. The Kier molecular flexibility index (Phi) is 1.77. The van der Waals surface area contributed by atoms with Crippen LogP contribution in [0.2, 0.25) is 5.15 Å². The van der Waals surface area contributed by atoms with Crippen LogP contribution in [0.4, 0.5) is 10.3 Å². The summed E-state index contributed by atoms with van der Waals surface area (Å²) >= 11 is 5.70. The maximum atomic E-state index is 13.2. The van der Waals surface area contributed by atoms with Crippen molar-refractivity contribution in [2.45, 2.75) is 0 Å². The summed E-state index contributed by atoms with van der Waals surface area (Å²) in [7, 11) is 0. The van der Waals surface area contributed by atoms with Gasteiger partial charge in [-0.3, -0.25) is 0 Å². The van der Waals surface area contributed by atoms with E-state index in [9.17, 15) is 4.39 Å². The van der Waals surface area contributed by atoms with E-state index in [0.29, 0.717) is 5.52 Å². The molecular formula is C8H5ClFN3. The molecule has 0 aliphatic carbocycles. The van der Waals surface area contributed by atoms with Crippen LogP contribution >= 0.6 is 11.6 Å². The number of nitrogen functional groups attached to an aromatic ring is 1. The number of hydrogen-bond donors (Lipinski definition) is 1. The first-order valence-corrected chi connectivity index (χ1v) is 3.93. The molecule has 2 N–H and O–H groups in total. The van der Waals surface area contributed by atoms with Crippen molar-refractivity contribution in [2.75, 3.05) is 5.73 Å². The lowest BCUT2D eigenvalue weighted by atomic mass is 10.2. The number of fused-ring (bicyclic) bond motifs is 1. The van der Waals surface area contributed by atoms with Gasteiger partial charge in [0, 0.05) is 0 Å². The highest BCUT2D eigenvalue weighted by molar-refractivity contribution is 6.34. The van der Waals surface area contributed by atoms with Crippen molar-refractivity contribution < 1.29 is 4.39 Å². The van der Waals surface area contributed by atoms with E-state index >= 15 is 0 Å². The Balaban J connectivity index is 2.94. The van der Waals surface area contributed by atoms with Gasteiger partial charge >= 0.3 is 0 Å². The van der Waals surface area contributed by atoms with Gasteiger partial charge in [-0.2, -0.15) is 0 Å². The number of halogens is 2. The Labute approximate surface area is 78.4 Å². The van der Waals surface area contributed by atoms with Crippen molar-refractivity contribution in [3.63, 3.8) is 0 Å². The van der Waals surface area contributed by atoms with Crippen molar-refractivity contribution in [1.82, 2.24) is 9.97 Å². The van der Waals surface area contributed by atoms with Crippen LogP contribution in [0.1, 0.15) is 0 Å². The zero-order chi connectivity index (χ0) is 9.42. The molecule has 1 aromatic heterocycles. The normalized spacial score (nSPS) is 10.6. The van der Waals surface area contributed by atoms with E-state index in [-0.39, 0.29) is 16.5 Å².